The molecule has 11 heteroatoms. The number of hydrogen-bond acceptors (Lipinski definition) is 11. The van der Waals surface area contributed by atoms with Gasteiger partial charge in [0.15, 0.2) is 23.0 Å². The zero-order chi connectivity index (χ0) is 27.7. The number of methoxy groups -OCH3 is 3. The number of ether oxygens (including phenoxy) is 7. The molecular weight excluding hydrogens is 500 g/mol. The first-order valence-electron chi connectivity index (χ1n) is 11.8. The Bertz CT molecular complexity index is 1270. The lowest BCUT2D eigenvalue weighted by Gasteiger charge is -2.38. The Kier molecular flexibility index (Phi) is 7.47. The molecule has 1 fully saturated rings. The summed E-state index contributed by atoms with van der Waals surface area (Å²) < 4.78 is 38.3. The quantitative estimate of drug-likeness (QED) is 0.388. The van der Waals surface area contributed by atoms with Crippen molar-refractivity contribution in [3.05, 3.63) is 41.0 Å². The number of cyclic esters (lactones) is 1. The topological polar surface area (TPSA) is 133 Å². The van der Waals surface area contributed by atoms with Gasteiger partial charge in [-0.25, -0.2) is 0 Å². The van der Waals surface area contributed by atoms with Gasteiger partial charge in [-0.1, -0.05) is 0 Å². The summed E-state index contributed by atoms with van der Waals surface area (Å²) in [5, 5.41) is 0. The van der Waals surface area contributed by atoms with Crippen LogP contribution in [-0.4, -0.2) is 51.8 Å². The standard InChI is InChI=1S/C27H28O11/c1-12(28)36-19-9-16-17(10-20(19)37-13(2)29)25(38-14(3)30)18-11-35-27(31)24(18)23(16)15-7-21(32-4)26(34-6)22(8-15)33-5/h7-10,18,23-25H,11H2,1-6H3/t18-,23+,24-,25-/m0/s1. The fraction of sp³-hybridized carbons (Fsp3) is 0.407. The Hall–Kier alpha value is -4.28. The van der Waals surface area contributed by atoms with Gasteiger partial charge >= 0.3 is 23.9 Å². The largest absolute Gasteiger partial charge is 0.493 e. The van der Waals surface area contributed by atoms with Crippen LogP contribution in [0.4, 0.5) is 0 Å². The molecule has 0 spiro atoms. The van der Waals surface area contributed by atoms with E-state index in [2.05, 4.69) is 0 Å². The van der Waals surface area contributed by atoms with Crippen LogP contribution in [0.3, 0.4) is 0 Å². The molecule has 2 aromatic rings. The molecule has 1 saturated heterocycles. The summed E-state index contributed by atoms with van der Waals surface area (Å²) in [4.78, 5) is 49.0. The third-order valence-electron chi connectivity index (χ3n) is 6.54. The zero-order valence-corrected chi connectivity index (χ0v) is 21.8. The summed E-state index contributed by atoms with van der Waals surface area (Å²) in [5.74, 6) is -3.27. The second kappa shape index (κ2) is 10.6. The summed E-state index contributed by atoms with van der Waals surface area (Å²) in [7, 11) is 4.43. The first-order valence-corrected chi connectivity index (χ1v) is 11.8. The van der Waals surface area contributed by atoms with Crippen LogP contribution in [0.15, 0.2) is 24.3 Å². The number of rotatable bonds is 7. The molecule has 2 aliphatic rings. The van der Waals surface area contributed by atoms with E-state index in [1.807, 2.05) is 0 Å². The maximum absolute atomic E-state index is 13.1. The van der Waals surface area contributed by atoms with Crippen molar-refractivity contribution in [2.75, 3.05) is 27.9 Å². The Morgan fingerprint density at radius 3 is 1.79 bits per heavy atom. The van der Waals surface area contributed by atoms with Gasteiger partial charge in [0, 0.05) is 38.2 Å². The number of fused-ring (bicyclic) bond motifs is 2. The molecule has 0 N–H and O–H groups in total. The number of carbonyl (C=O) groups is 4. The van der Waals surface area contributed by atoms with Crippen LogP contribution in [0.1, 0.15) is 49.5 Å². The number of carbonyl (C=O) groups excluding carboxylic acids is 4. The second-order valence-corrected chi connectivity index (χ2v) is 8.90. The lowest BCUT2D eigenvalue weighted by Crippen LogP contribution is -2.36. The molecule has 202 valence electrons. The summed E-state index contributed by atoms with van der Waals surface area (Å²) in [6, 6.07) is 6.44. The minimum Gasteiger partial charge on any atom is -0.493 e. The van der Waals surface area contributed by atoms with Gasteiger partial charge in [-0.15, -0.1) is 0 Å². The summed E-state index contributed by atoms with van der Waals surface area (Å²) in [6.45, 7) is 3.69. The first-order chi connectivity index (χ1) is 18.1. The van der Waals surface area contributed by atoms with Crippen molar-refractivity contribution < 1.29 is 52.3 Å². The average molecular weight is 529 g/mol. The van der Waals surface area contributed by atoms with Crippen LogP contribution < -0.4 is 23.7 Å². The van der Waals surface area contributed by atoms with Gasteiger partial charge in [0.25, 0.3) is 0 Å². The monoisotopic (exact) mass is 528 g/mol. The maximum atomic E-state index is 13.1. The van der Waals surface area contributed by atoms with Gasteiger partial charge in [0.05, 0.1) is 33.9 Å². The molecule has 0 aromatic heterocycles. The lowest BCUT2D eigenvalue weighted by molar-refractivity contribution is -0.152. The predicted molar refractivity (Wildman–Crippen MR) is 129 cm³/mol. The van der Waals surface area contributed by atoms with Crippen LogP contribution in [0.25, 0.3) is 0 Å². The van der Waals surface area contributed by atoms with E-state index in [1.165, 1.54) is 54.2 Å². The second-order valence-electron chi connectivity index (χ2n) is 8.90. The van der Waals surface area contributed by atoms with Crippen LogP contribution in [0.5, 0.6) is 28.7 Å². The Balaban J connectivity index is 2.03. The van der Waals surface area contributed by atoms with E-state index >= 15 is 0 Å². The molecule has 4 rings (SSSR count). The highest BCUT2D eigenvalue weighted by molar-refractivity contribution is 5.80. The van der Waals surface area contributed by atoms with Gasteiger partial charge in [0.1, 0.15) is 6.10 Å². The van der Waals surface area contributed by atoms with Gasteiger partial charge in [-0.3, -0.25) is 19.2 Å². The van der Waals surface area contributed by atoms with Crippen LogP contribution >= 0.6 is 0 Å². The Labute approximate surface area is 218 Å². The van der Waals surface area contributed by atoms with Gasteiger partial charge in [0.2, 0.25) is 5.75 Å². The van der Waals surface area contributed by atoms with Crippen molar-refractivity contribution in [3.63, 3.8) is 0 Å². The molecule has 1 aliphatic carbocycles. The molecule has 38 heavy (non-hydrogen) atoms. The Morgan fingerprint density at radius 1 is 0.763 bits per heavy atom. The number of hydrogen-bond donors (Lipinski definition) is 0. The molecule has 2 aromatic carbocycles. The van der Waals surface area contributed by atoms with Crippen molar-refractivity contribution in [2.24, 2.45) is 11.8 Å². The minimum absolute atomic E-state index is 0.0103. The van der Waals surface area contributed by atoms with Crippen molar-refractivity contribution in [1.82, 2.24) is 0 Å². The number of benzene rings is 2. The predicted octanol–water partition coefficient (Wildman–Crippen LogP) is 3.10. The maximum Gasteiger partial charge on any atom is 0.310 e. The third kappa shape index (κ3) is 4.83. The van der Waals surface area contributed by atoms with Crippen LogP contribution in [0.2, 0.25) is 0 Å². The normalized spacial score (nSPS) is 21.4. The summed E-state index contributed by atoms with van der Waals surface area (Å²) in [6.07, 6.45) is -0.891. The Morgan fingerprint density at radius 2 is 1.32 bits per heavy atom. The fourth-order valence-corrected chi connectivity index (χ4v) is 5.21. The summed E-state index contributed by atoms with van der Waals surface area (Å²) in [5.41, 5.74) is 1.60. The van der Waals surface area contributed by atoms with Crippen molar-refractivity contribution >= 4 is 23.9 Å². The van der Waals surface area contributed by atoms with E-state index in [4.69, 9.17) is 33.2 Å². The highest BCUT2D eigenvalue weighted by atomic mass is 16.6. The lowest BCUT2D eigenvalue weighted by atomic mass is 9.66. The van der Waals surface area contributed by atoms with Crippen molar-refractivity contribution in [1.29, 1.82) is 0 Å². The third-order valence-corrected chi connectivity index (χ3v) is 6.54. The van der Waals surface area contributed by atoms with Crippen molar-refractivity contribution in [3.8, 4) is 28.7 Å². The molecule has 1 heterocycles. The molecule has 11 nitrogen and oxygen atoms in total. The molecule has 1 aliphatic heterocycles. The highest BCUT2D eigenvalue weighted by Crippen LogP contribution is 2.56. The van der Waals surface area contributed by atoms with E-state index in [-0.39, 0.29) is 18.1 Å². The molecule has 0 amide bonds. The van der Waals surface area contributed by atoms with Gasteiger partial charge in [-0.05, 0) is 35.4 Å². The molecule has 0 bridgehead atoms. The van der Waals surface area contributed by atoms with Crippen LogP contribution in [0, 0.1) is 11.8 Å². The van der Waals surface area contributed by atoms with Gasteiger partial charge < -0.3 is 33.2 Å². The molecule has 4 atom stereocenters. The fourth-order valence-electron chi connectivity index (χ4n) is 5.21. The van der Waals surface area contributed by atoms with E-state index < -0.39 is 47.7 Å². The van der Waals surface area contributed by atoms with Crippen molar-refractivity contribution in [2.45, 2.75) is 32.8 Å². The molecule has 0 radical (unpaired) electrons. The van der Waals surface area contributed by atoms with E-state index in [1.54, 1.807) is 12.1 Å². The zero-order valence-electron chi connectivity index (χ0n) is 21.8. The number of esters is 4. The van der Waals surface area contributed by atoms with E-state index in [0.29, 0.717) is 33.9 Å². The molecule has 0 unspecified atom stereocenters. The van der Waals surface area contributed by atoms with Gasteiger partial charge in [-0.2, -0.15) is 0 Å². The smallest absolute Gasteiger partial charge is 0.310 e. The van der Waals surface area contributed by atoms with E-state index in [0.717, 1.165) is 0 Å². The SMILES string of the molecule is COc1cc([C@@H]2c3cc(OC(C)=O)c(OC(C)=O)cc3[C@H](OC(C)=O)[C@H]3COC(=O)[C@H]23)cc(OC)c1OC. The molecule has 0 saturated carbocycles. The highest BCUT2D eigenvalue weighted by Gasteiger charge is 2.54. The van der Waals surface area contributed by atoms with E-state index in [9.17, 15) is 19.2 Å². The van der Waals surface area contributed by atoms with Crippen LogP contribution in [-0.2, 0) is 28.7 Å². The first kappa shape index (κ1) is 26.8. The summed E-state index contributed by atoms with van der Waals surface area (Å²) >= 11 is 0. The molecular formula is C27H28O11. The average Bonchev–Trinajstić information content (AvgIpc) is 3.24. The minimum atomic E-state index is -0.891.